The van der Waals surface area contributed by atoms with Crippen molar-refractivity contribution in [3.05, 3.63) is 23.2 Å². The molecule has 0 bridgehead atoms. The van der Waals surface area contributed by atoms with Crippen molar-refractivity contribution in [3.8, 4) is 0 Å². The van der Waals surface area contributed by atoms with Gasteiger partial charge in [-0.15, -0.1) is 0 Å². The van der Waals surface area contributed by atoms with Crippen molar-refractivity contribution in [2.24, 2.45) is 0 Å². The van der Waals surface area contributed by atoms with Gasteiger partial charge in [0.1, 0.15) is 5.25 Å². The summed E-state index contributed by atoms with van der Waals surface area (Å²) in [6, 6.07) is 5.01. The highest BCUT2D eigenvalue weighted by molar-refractivity contribution is 7.92. The Balaban J connectivity index is 2.90. The van der Waals surface area contributed by atoms with E-state index in [0.29, 0.717) is 10.7 Å². The number of sulfone groups is 1. The van der Waals surface area contributed by atoms with Crippen LogP contribution in [-0.2, 0) is 14.6 Å². The monoisotopic (exact) mass is 304 g/mol. The van der Waals surface area contributed by atoms with E-state index < -0.39 is 21.0 Å². The van der Waals surface area contributed by atoms with Crippen LogP contribution in [0.3, 0.4) is 0 Å². The molecule has 106 valence electrons. The summed E-state index contributed by atoms with van der Waals surface area (Å²) in [5.41, 5.74) is 1.28. The molecule has 0 aliphatic rings. The Hall–Kier alpha value is -1.27. The first-order valence-corrected chi connectivity index (χ1v) is 7.93. The van der Waals surface area contributed by atoms with Crippen molar-refractivity contribution < 1.29 is 13.2 Å². The van der Waals surface area contributed by atoms with Crippen LogP contribution in [0.2, 0.25) is 5.02 Å². The standard InChI is InChI=1S/C12H17ClN2O3S/c1-8(19(4,17)18)12(16)14-9-5-6-11(15(2)3)10(13)7-9/h5-8H,1-4H3,(H,14,16)/t8-/m0/s1. The highest BCUT2D eigenvalue weighted by atomic mass is 35.5. The van der Waals surface area contributed by atoms with E-state index in [1.54, 1.807) is 18.2 Å². The summed E-state index contributed by atoms with van der Waals surface area (Å²) in [5, 5.41) is 1.92. The zero-order valence-electron chi connectivity index (χ0n) is 11.3. The fraction of sp³-hybridized carbons (Fsp3) is 0.417. The number of amides is 1. The quantitative estimate of drug-likeness (QED) is 0.921. The molecule has 0 aromatic heterocycles. The molecule has 1 N–H and O–H groups in total. The number of rotatable bonds is 4. The molecule has 0 radical (unpaired) electrons. The minimum Gasteiger partial charge on any atom is -0.376 e. The SMILES string of the molecule is C[C@@H](C(=O)Nc1ccc(N(C)C)c(Cl)c1)S(C)(=O)=O. The fourth-order valence-corrected chi connectivity index (χ4v) is 2.18. The maximum atomic E-state index is 11.7. The van der Waals surface area contributed by atoms with E-state index in [4.69, 9.17) is 11.6 Å². The predicted molar refractivity (Wildman–Crippen MR) is 78.7 cm³/mol. The number of carbonyl (C=O) groups excluding carboxylic acids is 1. The number of anilines is 2. The van der Waals surface area contributed by atoms with E-state index in [1.165, 1.54) is 6.92 Å². The summed E-state index contributed by atoms with van der Waals surface area (Å²) in [5.74, 6) is -0.573. The average molecular weight is 305 g/mol. The van der Waals surface area contributed by atoms with Crippen molar-refractivity contribution in [3.63, 3.8) is 0 Å². The number of carbonyl (C=O) groups is 1. The van der Waals surface area contributed by atoms with Gasteiger partial charge in [0, 0.05) is 26.0 Å². The normalized spacial score (nSPS) is 12.9. The van der Waals surface area contributed by atoms with Crippen LogP contribution >= 0.6 is 11.6 Å². The molecule has 0 saturated heterocycles. The van der Waals surface area contributed by atoms with Gasteiger partial charge in [0.25, 0.3) is 0 Å². The first-order chi connectivity index (χ1) is 8.62. The maximum Gasteiger partial charge on any atom is 0.242 e. The van der Waals surface area contributed by atoms with Gasteiger partial charge < -0.3 is 10.2 Å². The fourth-order valence-electron chi connectivity index (χ4n) is 1.39. The lowest BCUT2D eigenvalue weighted by molar-refractivity contribution is -0.115. The molecule has 0 saturated carbocycles. The van der Waals surface area contributed by atoms with Crippen molar-refractivity contribution >= 4 is 38.7 Å². The van der Waals surface area contributed by atoms with Gasteiger partial charge in [-0.3, -0.25) is 4.79 Å². The van der Waals surface area contributed by atoms with Gasteiger partial charge in [-0.25, -0.2) is 8.42 Å². The number of nitrogens with one attached hydrogen (secondary N) is 1. The summed E-state index contributed by atoms with van der Waals surface area (Å²) < 4.78 is 22.6. The van der Waals surface area contributed by atoms with Crippen LogP contribution in [0.1, 0.15) is 6.92 Å². The second kappa shape index (κ2) is 5.79. The van der Waals surface area contributed by atoms with E-state index in [1.807, 2.05) is 19.0 Å². The molecule has 0 aliphatic carbocycles. The van der Waals surface area contributed by atoms with Crippen LogP contribution in [0.15, 0.2) is 18.2 Å². The zero-order valence-corrected chi connectivity index (χ0v) is 12.8. The minimum absolute atomic E-state index is 0.469. The van der Waals surface area contributed by atoms with Gasteiger partial charge in [-0.1, -0.05) is 11.6 Å². The Bertz CT molecular complexity index is 585. The van der Waals surface area contributed by atoms with Gasteiger partial charge in [0.15, 0.2) is 9.84 Å². The molecule has 0 heterocycles. The summed E-state index contributed by atoms with van der Waals surface area (Å²) in [4.78, 5) is 13.6. The second-order valence-electron chi connectivity index (χ2n) is 4.52. The summed E-state index contributed by atoms with van der Waals surface area (Å²) >= 11 is 6.07. The van der Waals surface area contributed by atoms with E-state index in [2.05, 4.69) is 5.32 Å². The molecule has 1 atom stereocenters. The smallest absolute Gasteiger partial charge is 0.242 e. The van der Waals surface area contributed by atoms with E-state index >= 15 is 0 Å². The molecular weight excluding hydrogens is 288 g/mol. The third kappa shape index (κ3) is 4.11. The summed E-state index contributed by atoms with van der Waals surface area (Å²) in [7, 11) is 0.298. The summed E-state index contributed by atoms with van der Waals surface area (Å²) in [6.45, 7) is 1.35. The number of halogens is 1. The van der Waals surface area contributed by atoms with Crippen LogP contribution in [0.5, 0.6) is 0 Å². The highest BCUT2D eigenvalue weighted by Gasteiger charge is 2.23. The number of hydrogen-bond donors (Lipinski definition) is 1. The Morgan fingerprint density at radius 2 is 1.95 bits per heavy atom. The van der Waals surface area contributed by atoms with E-state index in [-0.39, 0.29) is 0 Å². The molecule has 0 unspecified atom stereocenters. The lowest BCUT2D eigenvalue weighted by Gasteiger charge is -2.16. The van der Waals surface area contributed by atoms with Gasteiger partial charge >= 0.3 is 0 Å². The Morgan fingerprint density at radius 3 is 2.37 bits per heavy atom. The Morgan fingerprint density at radius 1 is 1.37 bits per heavy atom. The number of hydrogen-bond acceptors (Lipinski definition) is 4. The Kier molecular flexibility index (Phi) is 4.81. The highest BCUT2D eigenvalue weighted by Crippen LogP contribution is 2.27. The molecule has 1 amide bonds. The zero-order chi connectivity index (χ0) is 14.8. The lowest BCUT2D eigenvalue weighted by Crippen LogP contribution is -2.31. The minimum atomic E-state index is -3.41. The van der Waals surface area contributed by atoms with Gasteiger partial charge in [-0.2, -0.15) is 0 Å². The molecule has 0 aliphatic heterocycles. The Labute approximate surface area is 118 Å². The van der Waals surface area contributed by atoms with Crippen LogP contribution in [-0.4, -0.2) is 39.9 Å². The van der Waals surface area contributed by atoms with Crippen molar-refractivity contribution in [1.82, 2.24) is 0 Å². The molecule has 1 rings (SSSR count). The predicted octanol–water partition coefficient (Wildman–Crippen LogP) is 1.78. The third-order valence-electron chi connectivity index (χ3n) is 2.71. The molecule has 7 heteroatoms. The lowest BCUT2D eigenvalue weighted by atomic mass is 10.2. The number of nitrogens with zero attached hydrogens (tertiary/aromatic N) is 1. The van der Waals surface area contributed by atoms with E-state index in [9.17, 15) is 13.2 Å². The van der Waals surface area contributed by atoms with Crippen molar-refractivity contribution in [1.29, 1.82) is 0 Å². The molecule has 0 fully saturated rings. The van der Waals surface area contributed by atoms with Crippen LogP contribution < -0.4 is 10.2 Å². The molecule has 0 spiro atoms. The first kappa shape index (κ1) is 15.8. The average Bonchev–Trinajstić information content (AvgIpc) is 2.26. The van der Waals surface area contributed by atoms with Crippen molar-refractivity contribution in [2.75, 3.05) is 30.6 Å². The van der Waals surface area contributed by atoms with Crippen LogP contribution in [0.25, 0.3) is 0 Å². The molecule has 1 aromatic rings. The van der Waals surface area contributed by atoms with Crippen molar-refractivity contribution in [2.45, 2.75) is 12.2 Å². The molecule has 5 nitrogen and oxygen atoms in total. The van der Waals surface area contributed by atoms with Crippen LogP contribution in [0, 0.1) is 0 Å². The largest absolute Gasteiger partial charge is 0.376 e. The molecule has 19 heavy (non-hydrogen) atoms. The number of benzene rings is 1. The van der Waals surface area contributed by atoms with Gasteiger partial charge in [0.05, 0.1) is 10.7 Å². The second-order valence-corrected chi connectivity index (χ2v) is 7.29. The topological polar surface area (TPSA) is 66.5 Å². The molecule has 1 aromatic carbocycles. The van der Waals surface area contributed by atoms with Crippen LogP contribution in [0.4, 0.5) is 11.4 Å². The first-order valence-electron chi connectivity index (χ1n) is 5.59. The van der Waals surface area contributed by atoms with E-state index in [0.717, 1.165) is 11.9 Å². The maximum absolute atomic E-state index is 11.7. The third-order valence-corrected chi connectivity index (χ3v) is 4.51. The molecular formula is C12H17ClN2O3S. The summed E-state index contributed by atoms with van der Waals surface area (Å²) in [6.07, 6.45) is 1.03. The van der Waals surface area contributed by atoms with Gasteiger partial charge in [-0.05, 0) is 25.1 Å². The van der Waals surface area contributed by atoms with Gasteiger partial charge in [0.2, 0.25) is 5.91 Å².